The van der Waals surface area contributed by atoms with E-state index in [1.54, 1.807) is 13.8 Å². The Hall–Kier alpha value is -3.62. The van der Waals surface area contributed by atoms with Gasteiger partial charge in [-0.05, 0) is 124 Å². The second kappa shape index (κ2) is 24.6. The normalized spacial score (nSPS) is 13.1. The van der Waals surface area contributed by atoms with Crippen LogP contribution in [0.15, 0.2) is 54.6 Å². The van der Waals surface area contributed by atoms with Crippen LogP contribution in [0.2, 0.25) is 0 Å². The number of ether oxygens (including phenoxy) is 6. The highest BCUT2D eigenvalue weighted by Gasteiger charge is 2.18. The Morgan fingerprint density at radius 3 is 1.88 bits per heavy atom. The van der Waals surface area contributed by atoms with Crippen molar-refractivity contribution in [2.45, 2.75) is 118 Å². The SMILES string of the molecule is C=C(C)C(=O)OCCCc1cc(-c2ccc(OCCCCCCCCCC)cc2C)cc(CCCOC(=O)C(=C)C)c1OCOCC1CCOCC1. The van der Waals surface area contributed by atoms with Crippen molar-refractivity contribution in [3.05, 3.63) is 71.3 Å². The molecule has 1 aliphatic heterocycles. The van der Waals surface area contributed by atoms with Gasteiger partial charge in [0.1, 0.15) is 11.5 Å². The maximum Gasteiger partial charge on any atom is 0.333 e. The third-order valence-corrected chi connectivity index (χ3v) is 9.34. The maximum atomic E-state index is 12.1. The Balaban J connectivity index is 1.78. The molecule has 8 heteroatoms. The average Bonchev–Trinajstić information content (AvgIpc) is 3.13. The quantitative estimate of drug-likeness (QED) is 0.0411. The molecule has 0 radical (unpaired) electrons. The van der Waals surface area contributed by atoms with Crippen LogP contribution in [0.4, 0.5) is 0 Å². The highest BCUT2D eigenvalue weighted by molar-refractivity contribution is 5.87. The molecule has 288 valence electrons. The first kappa shape index (κ1) is 42.8. The van der Waals surface area contributed by atoms with Gasteiger partial charge in [-0.2, -0.15) is 0 Å². The molecule has 1 heterocycles. The summed E-state index contributed by atoms with van der Waals surface area (Å²) in [7, 11) is 0. The van der Waals surface area contributed by atoms with Crippen molar-refractivity contribution in [2.75, 3.05) is 46.4 Å². The summed E-state index contributed by atoms with van der Waals surface area (Å²) in [5, 5.41) is 0. The van der Waals surface area contributed by atoms with E-state index in [-0.39, 0.29) is 20.0 Å². The number of aryl methyl sites for hydroxylation is 3. The molecule has 0 spiro atoms. The Morgan fingerprint density at radius 2 is 1.33 bits per heavy atom. The van der Waals surface area contributed by atoms with Gasteiger partial charge in [-0.15, -0.1) is 0 Å². The van der Waals surface area contributed by atoms with Crippen molar-refractivity contribution in [2.24, 2.45) is 5.92 Å². The van der Waals surface area contributed by atoms with Gasteiger partial charge in [0.2, 0.25) is 0 Å². The van der Waals surface area contributed by atoms with Crippen LogP contribution in [-0.4, -0.2) is 58.4 Å². The summed E-state index contributed by atoms with van der Waals surface area (Å²) in [5.74, 6) is 1.31. The van der Waals surface area contributed by atoms with Crippen molar-refractivity contribution in [1.82, 2.24) is 0 Å². The van der Waals surface area contributed by atoms with E-state index >= 15 is 0 Å². The number of hydrogen-bond acceptors (Lipinski definition) is 8. The number of carbonyl (C=O) groups is 2. The van der Waals surface area contributed by atoms with Crippen molar-refractivity contribution in [3.8, 4) is 22.6 Å². The predicted octanol–water partition coefficient (Wildman–Crippen LogP) is 10.1. The molecule has 0 aliphatic carbocycles. The first-order chi connectivity index (χ1) is 25.2. The van der Waals surface area contributed by atoms with Gasteiger partial charge >= 0.3 is 11.9 Å². The highest BCUT2D eigenvalue weighted by atomic mass is 16.7. The van der Waals surface area contributed by atoms with Crippen molar-refractivity contribution in [3.63, 3.8) is 0 Å². The van der Waals surface area contributed by atoms with Crippen LogP contribution in [0.5, 0.6) is 11.5 Å². The van der Waals surface area contributed by atoms with Gasteiger partial charge in [0.05, 0.1) is 26.4 Å². The molecule has 52 heavy (non-hydrogen) atoms. The standard InChI is InChI=1S/C44H64O8/c1-7-8-9-10-11-12-13-14-23-49-40-19-20-41(35(6)28-40)39-29-37(17-15-24-50-43(45)33(2)3)42(52-32-48-31-36-21-26-47-27-22-36)38(30-39)18-16-25-51-44(46)34(4)5/h19-20,28-30,36H,2,4,7-18,21-27,31-32H2,1,3,5-6H3. The third-order valence-electron chi connectivity index (χ3n) is 9.34. The molecule has 0 bridgehead atoms. The fraction of sp³-hybridized carbons (Fsp3) is 0.591. The number of benzene rings is 2. The first-order valence-electron chi connectivity index (χ1n) is 19.5. The Morgan fingerprint density at radius 1 is 0.750 bits per heavy atom. The lowest BCUT2D eigenvalue weighted by molar-refractivity contribution is -0.139. The molecule has 0 unspecified atom stereocenters. The molecule has 2 aromatic carbocycles. The fourth-order valence-electron chi connectivity index (χ4n) is 6.27. The summed E-state index contributed by atoms with van der Waals surface area (Å²) in [5.41, 5.74) is 6.04. The maximum absolute atomic E-state index is 12.1. The van der Waals surface area contributed by atoms with Crippen molar-refractivity contribution < 1.29 is 38.0 Å². The van der Waals surface area contributed by atoms with Crippen LogP contribution >= 0.6 is 0 Å². The van der Waals surface area contributed by atoms with Crippen molar-refractivity contribution >= 4 is 11.9 Å². The zero-order chi connectivity index (χ0) is 37.6. The highest BCUT2D eigenvalue weighted by Crippen LogP contribution is 2.35. The molecular weight excluding hydrogens is 656 g/mol. The first-order valence-corrected chi connectivity index (χ1v) is 19.5. The molecule has 8 nitrogen and oxygen atoms in total. The summed E-state index contributed by atoms with van der Waals surface area (Å²) < 4.78 is 34.9. The van der Waals surface area contributed by atoms with Gasteiger partial charge < -0.3 is 28.4 Å². The van der Waals surface area contributed by atoms with Crippen LogP contribution in [-0.2, 0) is 41.4 Å². The lowest BCUT2D eigenvalue weighted by Gasteiger charge is -2.23. The smallest absolute Gasteiger partial charge is 0.333 e. The minimum atomic E-state index is -0.392. The van der Waals surface area contributed by atoms with E-state index in [0.29, 0.717) is 49.4 Å². The second-order valence-corrected chi connectivity index (χ2v) is 14.2. The molecule has 1 saturated heterocycles. The lowest BCUT2D eigenvalue weighted by Crippen LogP contribution is -2.21. The Bertz CT molecular complexity index is 1350. The average molecular weight is 721 g/mol. The van der Waals surface area contributed by atoms with E-state index in [2.05, 4.69) is 57.3 Å². The van der Waals surface area contributed by atoms with Gasteiger partial charge in [-0.25, -0.2) is 9.59 Å². The summed E-state index contributed by atoms with van der Waals surface area (Å²) in [6, 6.07) is 10.6. The van der Waals surface area contributed by atoms with Crippen LogP contribution in [0, 0.1) is 12.8 Å². The Kier molecular flexibility index (Phi) is 20.2. The van der Waals surface area contributed by atoms with Gasteiger partial charge in [0, 0.05) is 24.4 Å². The molecule has 3 rings (SSSR count). The number of unbranched alkanes of at least 4 members (excludes halogenated alkanes) is 7. The molecule has 1 aliphatic rings. The summed E-state index contributed by atoms with van der Waals surface area (Å²) >= 11 is 0. The van der Waals surface area contributed by atoms with Gasteiger partial charge in [-0.3, -0.25) is 0 Å². The van der Waals surface area contributed by atoms with E-state index in [4.69, 9.17) is 28.4 Å². The van der Waals surface area contributed by atoms with E-state index in [1.807, 2.05) is 0 Å². The zero-order valence-corrected chi connectivity index (χ0v) is 32.5. The topological polar surface area (TPSA) is 89.5 Å². The van der Waals surface area contributed by atoms with E-state index in [9.17, 15) is 9.59 Å². The zero-order valence-electron chi connectivity index (χ0n) is 32.5. The molecule has 0 aromatic heterocycles. The molecule has 0 saturated carbocycles. The molecule has 1 fully saturated rings. The van der Waals surface area contributed by atoms with Crippen LogP contribution in [0.3, 0.4) is 0 Å². The van der Waals surface area contributed by atoms with E-state index in [0.717, 1.165) is 78.4 Å². The monoisotopic (exact) mass is 720 g/mol. The number of carbonyl (C=O) groups excluding carboxylic acids is 2. The van der Waals surface area contributed by atoms with Crippen LogP contribution < -0.4 is 9.47 Å². The minimum Gasteiger partial charge on any atom is -0.494 e. The molecule has 2 aromatic rings. The number of esters is 2. The van der Waals surface area contributed by atoms with Gasteiger partial charge in [0.25, 0.3) is 0 Å². The third kappa shape index (κ3) is 16.0. The lowest BCUT2D eigenvalue weighted by atomic mass is 9.92. The van der Waals surface area contributed by atoms with Gasteiger partial charge in [-0.1, -0.05) is 71.1 Å². The second-order valence-electron chi connectivity index (χ2n) is 14.2. The number of hydrogen-bond donors (Lipinski definition) is 0. The summed E-state index contributed by atoms with van der Waals surface area (Å²) in [6.07, 6.45) is 14.6. The van der Waals surface area contributed by atoms with Crippen LogP contribution in [0.25, 0.3) is 11.1 Å². The molecule has 0 amide bonds. The summed E-state index contributed by atoms with van der Waals surface area (Å²) in [6.45, 7) is 18.6. The molecule has 0 atom stereocenters. The minimum absolute atomic E-state index is 0.121. The number of rotatable bonds is 26. The van der Waals surface area contributed by atoms with E-state index < -0.39 is 11.9 Å². The molecular formula is C44H64O8. The van der Waals surface area contributed by atoms with Crippen molar-refractivity contribution in [1.29, 1.82) is 0 Å². The van der Waals surface area contributed by atoms with Gasteiger partial charge in [0.15, 0.2) is 6.79 Å². The fourth-order valence-corrected chi connectivity index (χ4v) is 6.27. The Labute approximate surface area is 313 Å². The predicted molar refractivity (Wildman–Crippen MR) is 208 cm³/mol. The van der Waals surface area contributed by atoms with Crippen LogP contribution in [0.1, 0.15) is 115 Å². The molecule has 0 N–H and O–H groups in total. The van der Waals surface area contributed by atoms with E-state index in [1.165, 1.54) is 44.9 Å². The largest absolute Gasteiger partial charge is 0.494 e. The summed E-state index contributed by atoms with van der Waals surface area (Å²) in [4.78, 5) is 24.1.